The summed E-state index contributed by atoms with van der Waals surface area (Å²) in [6, 6.07) is 5.85. The lowest BCUT2D eigenvalue weighted by molar-refractivity contribution is 0.236. The molecule has 24 heavy (non-hydrogen) atoms. The first-order chi connectivity index (χ1) is 11.7. The van der Waals surface area contributed by atoms with Crippen LogP contribution in [0.1, 0.15) is 26.2 Å². The standard InChI is InChI=1S/C18H23N5O/c1-15-18(24)9-7-12-22(15)11-5-2-6-13-23-14-17(20-21-23)16-8-3-4-10-19-16/h3-4,7-10,12,14-15,24H,2,5-6,11,13H2,1H3. The highest BCUT2D eigenvalue weighted by atomic mass is 16.3. The average Bonchev–Trinajstić information content (AvgIpc) is 3.08. The van der Waals surface area contributed by atoms with Gasteiger partial charge in [-0.25, -0.2) is 0 Å². The number of aromatic nitrogens is 4. The van der Waals surface area contributed by atoms with E-state index in [1.54, 1.807) is 12.3 Å². The summed E-state index contributed by atoms with van der Waals surface area (Å²) in [6.45, 7) is 3.83. The highest BCUT2D eigenvalue weighted by molar-refractivity contribution is 5.51. The summed E-state index contributed by atoms with van der Waals surface area (Å²) in [4.78, 5) is 6.45. The van der Waals surface area contributed by atoms with E-state index in [-0.39, 0.29) is 6.04 Å². The average molecular weight is 325 g/mol. The molecule has 0 spiro atoms. The van der Waals surface area contributed by atoms with Crippen LogP contribution in [0.25, 0.3) is 11.4 Å². The number of hydrogen-bond acceptors (Lipinski definition) is 5. The van der Waals surface area contributed by atoms with Gasteiger partial charge in [0.05, 0.1) is 17.9 Å². The fraction of sp³-hybridized carbons (Fsp3) is 0.389. The molecule has 1 N–H and O–H groups in total. The molecule has 6 nitrogen and oxygen atoms in total. The Hall–Kier alpha value is -2.63. The summed E-state index contributed by atoms with van der Waals surface area (Å²) in [5.41, 5.74) is 1.66. The topological polar surface area (TPSA) is 67.1 Å². The first kappa shape index (κ1) is 16.2. The Morgan fingerprint density at radius 2 is 2.00 bits per heavy atom. The van der Waals surface area contributed by atoms with Crippen LogP contribution in [0.3, 0.4) is 0 Å². The maximum Gasteiger partial charge on any atom is 0.131 e. The van der Waals surface area contributed by atoms with Crippen LogP contribution in [0.15, 0.2) is 54.7 Å². The maximum absolute atomic E-state index is 9.74. The molecular formula is C18H23N5O. The van der Waals surface area contributed by atoms with Crippen molar-refractivity contribution in [3.63, 3.8) is 0 Å². The van der Waals surface area contributed by atoms with Crippen LogP contribution >= 0.6 is 0 Å². The smallest absolute Gasteiger partial charge is 0.131 e. The lowest BCUT2D eigenvalue weighted by Crippen LogP contribution is -2.32. The number of aliphatic hydroxyl groups excluding tert-OH is 1. The van der Waals surface area contributed by atoms with Crippen LogP contribution in [-0.2, 0) is 6.54 Å². The van der Waals surface area contributed by atoms with Crippen molar-refractivity contribution < 1.29 is 5.11 Å². The molecule has 0 aromatic carbocycles. The Kier molecular flexibility index (Phi) is 5.25. The van der Waals surface area contributed by atoms with Crippen molar-refractivity contribution in [1.29, 1.82) is 0 Å². The Balaban J connectivity index is 1.39. The summed E-state index contributed by atoms with van der Waals surface area (Å²) in [5.74, 6) is 0.433. The molecule has 1 unspecified atom stereocenters. The summed E-state index contributed by atoms with van der Waals surface area (Å²) >= 11 is 0. The molecule has 3 rings (SSSR count). The van der Waals surface area contributed by atoms with Gasteiger partial charge in [0.1, 0.15) is 11.5 Å². The quantitative estimate of drug-likeness (QED) is 0.792. The number of aryl methyl sites for hydroxylation is 1. The van der Waals surface area contributed by atoms with Crippen LogP contribution in [0, 0.1) is 0 Å². The second-order valence-corrected chi connectivity index (χ2v) is 5.99. The molecule has 2 aromatic heterocycles. The molecular weight excluding hydrogens is 302 g/mol. The summed E-state index contributed by atoms with van der Waals surface area (Å²) in [7, 11) is 0. The van der Waals surface area contributed by atoms with Gasteiger partial charge in [0.2, 0.25) is 0 Å². The molecule has 1 aliphatic rings. The van der Waals surface area contributed by atoms with Gasteiger partial charge in [-0.15, -0.1) is 5.10 Å². The molecule has 1 aliphatic heterocycles. The first-order valence-electron chi connectivity index (χ1n) is 8.38. The molecule has 0 saturated heterocycles. The van der Waals surface area contributed by atoms with E-state index >= 15 is 0 Å². The van der Waals surface area contributed by atoms with Crippen molar-refractivity contribution >= 4 is 0 Å². The minimum Gasteiger partial charge on any atom is -0.510 e. The molecule has 0 bridgehead atoms. The minimum atomic E-state index is 0.0752. The zero-order valence-electron chi connectivity index (χ0n) is 13.9. The lowest BCUT2D eigenvalue weighted by Gasteiger charge is -2.29. The summed E-state index contributed by atoms with van der Waals surface area (Å²) in [5, 5.41) is 18.1. The van der Waals surface area contributed by atoms with Gasteiger partial charge in [0.25, 0.3) is 0 Å². The summed E-state index contributed by atoms with van der Waals surface area (Å²) in [6.07, 6.45) is 12.6. The van der Waals surface area contributed by atoms with Crippen molar-refractivity contribution in [3.8, 4) is 11.4 Å². The van der Waals surface area contributed by atoms with Crippen LogP contribution in [0.5, 0.6) is 0 Å². The van der Waals surface area contributed by atoms with Crippen molar-refractivity contribution in [3.05, 3.63) is 54.7 Å². The largest absolute Gasteiger partial charge is 0.510 e. The normalized spacial score (nSPS) is 17.1. The van der Waals surface area contributed by atoms with Crippen molar-refractivity contribution in [2.45, 2.75) is 38.8 Å². The van der Waals surface area contributed by atoms with Gasteiger partial charge in [-0.05, 0) is 56.7 Å². The van der Waals surface area contributed by atoms with E-state index in [4.69, 9.17) is 0 Å². The van der Waals surface area contributed by atoms with Crippen LogP contribution in [-0.4, -0.2) is 42.6 Å². The number of unbranched alkanes of at least 4 members (excludes halogenated alkanes) is 2. The minimum absolute atomic E-state index is 0.0752. The van der Waals surface area contributed by atoms with E-state index in [2.05, 4.69) is 20.2 Å². The highest BCUT2D eigenvalue weighted by Crippen LogP contribution is 2.15. The molecule has 126 valence electrons. The number of nitrogens with zero attached hydrogens (tertiary/aromatic N) is 5. The van der Waals surface area contributed by atoms with Crippen molar-refractivity contribution in [2.75, 3.05) is 6.54 Å². The van der Waals surface area contributed by atoms with Gasteiger partial charge >= 0.3 is 0 Å². The molecule has 0 amide bonds. The van der Waals surface area contributed by atoms with E-state index in [1.165, 1.54) is 0 Å². The zero-order valence-corrected chi connectivity index (χ0v) is 13.9. The van der Waals surface area contributed by atoms with Gasteiger partial charge < -0.3 is 10.0 Å². The molecule has 0 aliphatic carbocycles. The lowest BCUT2D eigenvalue weighted by atomic mass is 10.1. The van der Waals surface area contributed by atoms with Gasteiger partial charge in [-0.2, -0.15) is 0 Å². The Labute approximate surface area is 142 Å². The second kappa shape index (κ2) is 7.77. The number of hydrogen-bond donors (Lipinski definition) is 1. The predicted octanol–water partition coefficient (Wildman–Crippen LogP) is 3.17. The van der Waals surface area contributed by atoms with Gasteiger partial charge in [-0.3, -0.25) is 9.67 Å². The predicted molar refractivity (Wildman–Crippen MR) is 93.1 cm³/mol. The van der Waals surface area contributed by atoms with Crippen molar-refractivity contribution in [2.24, 2.45) is 0 Å². The van der Waals surface area contributed by atoms with Crippen LogP contribution in [0.4, 0.5) is 0 Å². The third-order valence-corrected chi connectivity index (χ3v) is 4.24. The summed E-state index contributed by atoms with van der Waals surface area (Å²) < 4.78 is 1.88. The molecule has 0 fully saturated rings. The first-order valence-corrected chi connectivity index (χ1v) is 8.38. The van der Waals surface area contributed by atoms with Gasteiger partial charge in [-0.1, -0.05) is 11.3 Å². The highest BCUT2D eigenvalue weighted by Gasteiger charge is 2.15. The fourth-order valence-electron chi connectivity index (χ4n) is 2.74. The van der Waals surface area contributed by atoms with E-state index in [0.29, 0.717) is 5.76 Å². The zero-order chi connectivity index (χ0) is 16.8. The Morgan fingerprint density at radius 3 is 2.83 bits per heavy atom. The molecule has 3 heterocycles. The SMILES string of the molecule is CC1C(O)=CC=CN1CCCCCn1cc(-c2ccccn2)nn1. The van der Waals surface area contributed by atoms with E-state index in [1.807, 2.05) is 48.3 Å². The van der Waals surface area contributed by atoms with Crippen molar-refractivity contribution in [1.82, 2.24) is 24.9 Å². The number of pyridine rings is 1. The van der Waals surface area contributed by atoms with E-state index in [9.17, 15) is 5.11 Å². The molecule has 1 atom stereocenters. The third kappa shape index (κ3) is 4.01. The fourth-order valence-corrected chi connectivity index (χ4v) is 2.74. The second-order valence-electron chi connectivity index (χ2n) is 5.99. The van der Waals surface area contributed by atoms with Gasteiger partial charge in [0.15, 0.2) is 0 Å². The number of aliphatic hydroxyl groups is 1. The molecule has 0 radical (unpaired) electrons. The van der Waals surface area contributed by atoms with E-state index < -0.39 is 0 Å². The molecule has 0 saturated carbocycles. The monoisotopic (exact) mass is 325 g/mol. The maximum atomic E-state index is 9.74. The Morgan fingerprint density at radius 1 is 1.12 bits per heavy atom. The van der Waals surface area contributed by atoms with Crippen LogP contribution in [0.2, 0.25) is 0 Å². The van der Waals surface area contributed by atoms with Crippen LogP contribution < -0.4 is 0 Å². The third-order valence-electron chi connectivity index (χ3n) is 4.24. The number of allylic oxidation sites excluding steroid dienone is 2. The van der Waals surface area contributed by atoms with E-state index in [0.717, 1.165) is 43.7 Å². The molecule has 2 aromatic rings. The Bertz CT molecular complexity index is 707. The number of rotatable bonds is 7. The molecule has 6 heteroatoms. The van der Waals surface area contributed by atoms with Gasteiger partial charge in [0, 0.05) is 19.3 Å².